The first-order chi connectivity index (χ1) is 13.7. The topological polar surface area (TPSA) is 84.7 Å². The summed E-state index contributed by atoms with van der Waals surface area (Å²) < 4.78 is 5.46. The minimum Gasteiger partial charge on any atom is -0.444 e. The van der Waals surface area contributed by atoms with Crippen LogP contribution in [0.2, 0.25) is 0 Å². The normalized spacial score (nSPS) is 17.9. The van der Waals surface area contributed by atoms with Crippen molar-refractivity contribution < 1.29 is 14.5 Å². The van der Waals surface area contributed by atoms with Crippen LogP contribution in [-0.2, 0) is 4.74 Å². The first kappa shape index (κ1) is 20.4. The van der Waals surface area contributed by atoms with E-state index in [0.29, 0.717) is 0 Å². The molecular weight excluding hydrogens is 370 g/mol. The van der Waals surface area contributed by atoms with Gasteiger partial charge in [0.2, 0.25) is 0 Å². The van der Waals surface area contributed by atoms with Crippen molar-refractivity contribution in [2.45, 2.75) is 38.5 Å². The van der Waals surface area contributed by atoms with E-state index in [1.165, 1.54) is 12.1 Å². The summed E-state index contributed by atoms with van der Waals surface area (Å²) in [6.45, 7) is 5.46. The number of nitrogens with one attached hydrogen (secondary N) is 1. The second-order valence-corrected chi connectivity index (χ2v) is 7.99. The molecule has 1 amide bonds. The van der Waals surface area contributed by atoms with E-state index in [0.717, 1.165) is 16.8 Å². The Hall–Kier alpha value is -3.35. The van der Waals surface area contributed by atoms with Crippen LogP contribution in [0.3, 0.4) is 0 Å². The summed E-state index contributed by atoms with van der Waals surface area (Å²) in [6.07, 6.45) is 3.55. The Labute approximate surface area is 170 Å². The van der Waals surface area contributed by atoms with Crippen molar-refractivity contribution in [2.24, 2.45) is 0 Å². The summed E-state index contributed by atoms with van der Waals surface area (Å²) in [5.41, 5.74) is 2.26. The van der Waals surface area contributed by atoms with E-state index in [9.17, 15) is 14.9 Å². The minimum atomic E-state index is -0.603. The molecule has 0 aliphatic heterocycles. The number of alkyl carbamates (subject to hydrolysis) is 1. The van der Waals surface area contributed by atoms with Gasteiger partial charge < -0.3 is 15.0 Å². The number of amides is 1. The molecule has 0 aromatic heterocycles. The maximum absolute atomic E-state index is 12.5. The highest BCUT2D eigenvalue weighted by Gasteiger charge is 2.32. The molecule has 2 aromatic carbocycles. The van der Waals surface area contributed by atoms with Crippen LogP contribution in [0.1, 0.15) is 37.9 Å². The number of likely N-dealkylation sites (N-methyl/N-ethyl adjacent to an activating group) is 1. The number of anilines is 1. The SMILES string of the molecule is CN(c1ccc([N+](=O)[O-])cc1)[C@@H]1C=Cc2ccccc2[C@H]1NC(=O)OC(C)(C)C. The lowest BCUT2D eigenvalue weighted by molar-refractivity contribution is -0.384. The molecule has 2 atom stereocenters. The van der Waals surface area contributed by atoms with Crippen LogP contribution in [-0.4, -0.2) is 29.7 Å². The summed E-state index contributed by atoms with van der Waals surface area (Å²) in [5, 5.41) is 13.9. The van der Waals surface area contributed by atoms with E-state index in [2.05, 4.69) is 5.32 Å². The maximum atomic E-state index is 12.5. The number of nitro groups is 1. The van der Waals surface area contributed by atoms with Gasteiger partial charge in [-0.05, 0) is 44.0 Å². The molecule has 0 bridgehead atoms. The molecule has 1 aliphatic rings. The third-order valence-corrected chi connectivity index (χ3v) is 4.73. The lowest BCUT2D eigenvalue weighted by Crippen LogP contribution is -2.46. The predicted molar refractivity (Wildman–Crippen MR) is 113 cm³/mol. The Bertz CT molecular complexity index is 932. The largest absolute Gasteiger partial charge is 0.444 e. The average Bonchev–Trinajstić information content (AvgIpc) is 2.66. The number of rotatable bonds is 4. The van der Waals surface area contributed by atoms with Gasteiger partial charge in [0, 0.05) is 24.9 Å². The Morgan fingerprint density at radius 3 is 2.41 bits per heavy atom. The molecular formula is C22H25N3O4. The van der Waals surface area contributed by atoms with Crippen LogP contribution in [0, 0.1) is 10.1 Å². The van der Waals surface area contributed by atoms with Crippen LogP contribution in [0.4, 0.5) is 16.2 Å². The van der Waals surface area contributed by atoms with Gasteiger partial charge in [0.15, 0.2) is 0 Å². The van der Waals surface area contributed by atoms with Crippen molar-refractivity contribution in [1.82, 2.24) is 5.32 Å². The molecule has 1 aliphatic carbocycles. The summed E-state index contributed by atoms with van der Waals surface area (Å²) >= 11 is 0. The molecule has 0 saturated heterocycles. The minimum absolute atomic E-state index is 0.0371. The third-order valence-electron chi connectivity index (χ3n) is 4.73. The summed E-state index contributed by atoms with van der Waals surface area (Å²) in [5.74, 6) is 0. The molecule has 0 heterocycles. The van der Waals surface area contributed by atoms with Crippen LogP contribution >= 0.6 is 0 Å². The van der Waals surface area contributed by atoms with Gasteiger partial charge in [0.25, 0.3) is 5.69 Å². The number of nitro benzene ring substituents is 1. The Kier molecular flexibility index (Phi) is 5.59. The number of nitrogens with zero attached hydrogens (tertiary/aromatic N) is 2. The molecule has 7 nitrogen and oxygen atoms in total. The van der Waals surface area contributed by atoms with Crippen molar-refractivity contribution in [3.8, 4) is 0 Å². The fourth-order valence-electron chi connectivity index (χ4n) is 3.38. The van der Waals surface area contributed by atoms with Gasteiger partial charge in [-0.15, -0.1) is 0 Å². The molecule has 0 spiro atoms. The average molecular weight is 395 g/mol. The fraction of sp³-hybridized carbons (Fsp3) is 0.318. The fourth-order valence-corrected chi connectivity index (χ4v) is 3.38. The standard InChI is InChI=1S/C22H25N3O4/c1-22(2,3)29-21(26)23-20-18-8-6-5-7-15(18)9-14-19(20)24(4)16-10-12-17(13-11-16)25(27)28/h5-14,19-20H,1-4H3,(H,23,26)/t19-,20-/m1/s1. The zero-order valence-electron chi connectivity index (χ0n) is 17.0. The molecule has 0 fully saturated rings. The van der Waals surface area contributed by atoms with Crippen molar-refractivity contribution >= 4 is 23.5 Å². The molecule has 152 valence electrons. The molecule has 0 saturated carbocycles. The van der Waals surface area contributed by atoms with Gasteiger partial charge in [-0.1, -0.05) is 36.4 Å². The second kappa shape index (κ2) is 7.95. The molecule has 3 rings (SSSR count). The summed E-state index contributed by atoms with van der Waals surface area (Å²) in [6, 6.07) is 13.7. The van der Waals surface area contributed by atoms with E-state index in [1.807, 2.05) is 69.1 Å². The van der Waals surface area contributed by atoms with Gasteiger partial charge in [-0.3, -0.25) is 10.1 Å². The van der Waals surface area contributed by atoms with Gasteiger partial charge in [-0.2, -0.15) is 0 Å². The molecule has 1 N–H and O–H groups in total. The maximum Gasteiger partial charge on any atom is 0.408 e. The highest BCUT2D eigenvalue weighted by Crippen LogP contribution is 2.33. The highest BCUT2D eigenvalue weighted by atomic mass is 16.6. The molecule has 0 radical (unpaired) electrons. The van der Waals surface area contributed by atoms with Crippen molar-refractivity contribution in [3.05, 3.63) is 75.8 Å². The molecule has 2 aromatic rings. The number of benzene rings is 2. The lowest BCUT2D eigenvalue weighted by atomic mass is 9.88. The van der Waals surface area contributed by atoms with Gasteiger partial charge >= 0.3 is 6.09 Å². The zero-order valence-corrected chi connectivity index (χ0v) is 17.0. The predicted octanol–water partition coefficient (Wildman–Crippen LogP) is 4.69. The number of carbonyl (C=O) groups excluding carboxylic acids is 1. The Morgan fingerprint density at radius 2 is 1.79 bits per heavy atom. The van der Waals surface area contributed by atoms with Crippen molar-refractivity contribution in [3.63, 3.8) is 0 Å². The number of ether oxygens (including phenoxy) is 1. The van der Waals surface area contributed by atoms with Gasteiger partial charge in [0.05, 0.1) is 17.0 Å². The van der Waals surface area contributed by atoms with Crippen molar-refractivity contribution in [2.75, 3.05) is 11.9 Å². The van der Waals surface area contributed by atoms with Crippen LogP contribution in [0.15, 0.2) is 54.6 Å². The monoisotopic (exact) mass is 395 g/mol. The first-order valence-corrected chi connectivity index (χ1v) is 9.39. The number of hydrogen-bond acceptors (Lipinski definition) is 5. The highest BCUT2D eigenvalue weighted by molar-refractivity contribution is 5.71. The van der Waals surface area contributed by atoms with Crippen molar-refractivity contribution in [1.29, 1.82) is 0 Å². The van der Waals surface area contributed by atoms with E-state index < -0.39 is 16.6 Å². The Morgan fingerprint density at radius 1 is 1.14 bits per heavy atom. The summed E-state index contributed by atoms with van der Waals surface area (Å²) in [7, 11) is 1.90. The quantitative estimate of drug-likeness (QED) is 0.599. The third kappa shape index (κ3) is 4.74. The van der Waals surface area contributed by atoms with Crippen LogP contribution < -0.4 is 10.2 Å². The number of carbonyl (C=O) groups is 1. The van der Waals surface area contributed by atoms with Gasteiger partial charge in [-0.25, -0.2) is 4.79 Å². The first-order valence-electron chi connectivity index (χ1n) is 9.39. The van der Waals surface area contributed by atoms with E-state index in [1.54, 1.807) is 12.1 Å². The number of fused-ring (bicyclic) bond motifs is 1. The lowest BCUT2D eigenvalue weighted by Gasteiger charge is -2.38. The second-order valence-electron chi connectivity index (χ2n) is 7.99. The number of non-ortho nitro benzene ring substituents is 1. The number of hydrogen-bond donors (Lipinski definition) is 1. The molecule has 29 heavy (non-hydrogen) atoms. The molecule has 7 heteroatoms. The van der Waals surface area contributed by atoms with Gasteiger partial charge in [0.1, 0.15) is 5.60 Å². The molecule has 0 unspecified atom stereocenters. The van der Waals surface area contributed by atoms with Crippen LogP contribution in [0.5, 0.6) is 0 Å². The van der Waals surface area contributed by atoms with E-state index >= 15 is 0 Å². The smallest absolute Gasteiger partial charge is 0.408 e. The summed E-state index contributed by atoms with van der Waals surface area (Å²) in [4.78, 5) is 25.0. The van der Waals surface area contributed by atoms with Crippen LogP contribution in [0.25, 0.3) is 6.08 Å². The zero-order chi connectivity index (χ0) is 21.2. The van der Waals surface area contributed by atoms with E-state index in [4.69, 9.17) is 4.74 Å². The Balaban J connectivity index is 1.90. The van der Waals surface area contributed by atoms with E-state index in [-0.39, 0.29) is 17.8 Å².